The van der Waals surface area contributed by atoms with E-state index in [1.54, 1.807) is 31.3 Å². The molecule has 0 radical (unpaired) electrons. The molecule has 0 bridgehead atoms. The van der Waals surface area contributed by atoms with Crippen LogP contribution in [0, 0.1) is 10.1 Å². The summed E-state index contributed by atoms with van der Waals surface area (Å²) >= 11 is 6.41. The Morgan fingerprint density at radius 1 is 1.21 bits per heavy atom. The van der Waals surface area contributed by atoms with Crippen LogP contribution < -0.4 is 0 Å². The summed E-state index contributed by atoms with van der Waals surface area (Å²) in [4.78, 5) is 21.2. The smallest absolute Gasteiger partial charge is 0.270 e. The fourth-order valence-electron chi connectivity index (χ4n) is 3.16. The van der Waals surface area contributed by atoms with E-state index in [1.807, 2.05) is 22.8 Å². The number of aromatic nitrogens is 3. The third-order valence-electron chi connectivity index (χ3n) is 4.44. The number of hydrogen-bond donors (Lipinski definition) is 0. The van der Waals surface area contributed by atoms with Crippen LogP contribution in [0.3, 0.4) is 0 Å². The SMILES string of the molecule is CN(C)OCc1nnc2n1-c1ccc([N+](=O)[O-])cc1C(c1ccccc1Cl)=NC2. The summed E-state index contributed by atoms with van der Waals surface area (Å²) in [6.45, 7) is 0.440. The molecule has 2 heterocycles. The Balaban J connectivity index is 1.92. The summed E-state index contributed by atoms with van der Waals surface area (Å²) in [6.07, 6.45) is 0. The minimum Gasteiger partial charge on any atom is -0.291 e. The molecule has 0 saturated carbocycles. The van der Waals surface area contributed by atoms with Crippen LogP contribution in [0.25, 0.3) is 5.69 Å². The fraction of sp³-hybridized carbons (Fsp3) is 0.211. The Bertz CT molecular complexity index is 1120. The topological polar surface area (TPSA) is 98.7 Å². The molecule has 0 saturated heterocycles. The van der Waals surface area contributed by atoms with Crippen molar-refractivity contribution in [3.63, 3.8) is 0 Å². The summed E-state index contributed by atoms with van der Waals surface area (Å²) in [6, 6.07) is 11.9. The second-order valence-electron chi connectivity index (χ2n) is 6.56. The van der Waals surface area contributed by atoms with Crippen LogP contribution in [0.1, 0.15) is 22.8 Å². The van der Waals surface area contributed by atoms with Crippen LogP contribution in [0.2, 0.25) is 5.02 Å². The number of non-ortho nitro benzene ring substituents is 1. The summed E-state index contributed by atoms with van der Waals surface area (Å²) in [5.41, 5.74) is 2.49. The van der Waals surface area contributed by atoms with Crippen LogP contribution in [-0.2, 0) is 18.0 Å². The first-order chi connectivity index (χ1) is 14.0. The Morgan fingerprint density at radius 3 is 2.72 bits per heavy atom. The Hall–Kier alpha value is -3.14. The summed E-state index contributed by atoms with van der Waals surface area (Å²) in [7, 11) is 3.55. The Kier molecular flexibility index (Phi) is 5.10. The number of hydrogen-bond acceptors (Lipinski definition) is 7. The lowest BCUT2D eigenvalue weighted by Crippen LogP contribution is -2.16. The van der Waals surface area contributed by atoms with Gasteiger partial charge in [-0.15, -0.1) is 10.2 Å². The van der Waals surface area contributed by atoms with Crippen molar-refractivity contribution in [1.29, 1.82) is 0 Å². The number of fused-ring (bicyclic) bond motifs is 3. The molecule has 0 fully saturated rings. The van der Waals surface area contributed by atoms with Gasteiger partial charge in [0.1, 0.15) is 13.2 Å². The number of benzene rings is 2. The molecule has 10 heteroatoms. The van der Waals surface area contributed by atoms with E-state index in [0.29, 0.717) is 39.2 Å². The Labute approximate surface area is 171 Å². The highest BCUT2D eigenvalue weighted by Crippen LogP contribution is 2.31. The quantitative estimate of drug-likeness (QED) is 0.471. The molecule has 0 unspecified atom stereocenters. The number of nitro groups is 1. The predicted octanol–water partition coefficient (Wildman–Crippen LogP) is 3.17. The van der Waals surface area contributed by atoms with Crippen LogP contribution in [0.4, 0.5) is 5.69 Å². The molecular formula is C19H17ClN6O3. The number of aliphatic imine (C=N–C) groups is 1. The maximum absolute atomic E-state index is 11.4. The molecule has 1 aliphatic rings. The van der Waals surface area contributed by atoms with E-state index in [-0.39, 0.29) is 18.8 Å². The van der Waals surface area contributed by atoms with Gasteiger partial charge in [0.05, 0.1) is 16.3 Å². The van der Waals surface area contributed by atoms with Gasteiger partial charge in [0.2, 0.25) is 0 Å². The molecule has 29 heavy (non-hydrogen) atoms. The zero-order valence-electron chi connectivity index (χ0n) is 15.7. The van der Waals surface area contributed by atoms with Gasteiger partial charge in [0.25, 0.3) is 5.69 Å². The highest BCUT2D eigenvalue weighted by atomic mass is 35.5. The lowest BCUT2D eigenvalue weighted by molar-refractivity contribution is -0.384. The summed E-state index contributed by atoms with van der Waals surface area (Å²) in [5, 5.41) is 21.9. The zero-order chi connectivity index (χ0) is 20.5. The normalized spacial score (nSPS) is 12.9. The second-order valence-corrected chi connectivity index (χ2v) is 6.96. The van der Waals surface area contributed by atoms with E-state index in [1.165, 1.54) is 12.1 Å². The molecule has 1 aromatic heterocycles. The fourth-order valence-corrected chi connectivity index (χ4v) is 3.38. The van der Waals surface area contributed by atoms with Gasteiger partial charge >= 0.3 is 0 Å². The molecule has 2 aromatic carbocycles. The molecule has 0 N–H and O–H groups in total. The highest BCUT2D eigenvalue weighted by Gasteiger charge is 2.26. The van der Waals surface area contributed by atoms with Crippen molar-refractivity contribution in [3.8, 4) is 5.69 Å². The van der Waals surface area contributed by atoms with E-state index in [0.717, 1.165) is 0 Å². The van der Waals surface area contributed by atoms with Gasteiger partial charge in [-0.3, -0.25) is 24.5 Å². The minimum absolute atomic E-state index is 0.0360. The van der Waals surface area contributed by atoms with E-state index >= 15 is 0 Å². The van der Waals surface area contributed by atoms with Crippen molar-refractivity contribution >= 4 is 23.0 Å². The van der Waals surface area contributed by atoms with Crippen molar-refractivity contribution in [2.45, 2.75) is 13.2 Å². The molecule has 0 aliphatic carbocycles. The molecule has 0 atom stereocenters. The number of nitro benzene ring substituents is 1. The summed E-state index contributed by atoms with van der Waals surface area (Å²) in [5.74, 6) is 1.18. The van der Waals surface area contributed by atoms with Crippen molar-refractivity contribution < 1.29 is 9.76 Å². The maximum atomic E-state index is 11.4. The van der Waals surface area contributed by atoms with Gasteiger partial charge in [0.15, 0.2) is 11.6 Å². The van der Waals surface area contributed by atoms with Crippen LogP contribution in [-0.4, -0.2) is 44.6 Å². The number of hydroxylamine groups is 2. The third-order valence-corrected chi connectivity index (χ3v) is 4.77. The lowest BCUT2D eigenvalue weighted by Gasteiger charge is -2.15. The Morgan fingerprint density at radius 2 is 2.00 bits per heavy atom. The van der Waals surface area contributed by atoms with Gasteiger partial charge in [-0.25, -0.2) is 0 Å². The molecule has 0 amide bonds. The van der Waals surface area contributed by atoms with Crippen LogP contribution >= 0.6 is 11.6 Å². The van der Waals surface area contributed by atoms with Crippen LogP contribution in [0.5, 0.6) is 0 Å². The molecule has 148 valence electrons. The maximum Gasteiger partial charge on any atom is 0.270 e. The largest absolute Gasteiger partial charge is 0.291 e. The average molecular weight is 413 g/mol. The van der Waals surface area contributed by atoms with Crippen molar-refractivity contribution in [2.75, 3.05) is 14.1 Å². The standard InChI is InChI=1S/C19H17ClN6O3/c1-24(2)29-11-18-23-22-17-10-21-19(13-5-3-4-6-15(13)20)14-9-12(26(27)28)7-8-16(14)25(17)18/h3-9H,10-11H2,1-2H3. The van der Waals surface area contributed by atoms with Crippen LogP contribution in [0.15, 0.2) is 47.5 Å². The number of halogens is 1. The van der Waals surface area contributed by atoms with E-state index in [4.69, 9.17) is 16.4 Å². The van der Waals surface area contributed by atoms with Crippen molar-refractivity contribution in [2.24, 2.45) is 4.99 Å². The van der Waals surface area contributed by atoms with Gasteiger partial charge in [-0.2, -0.15) is 5.06 Å². The summed E-state index contributed by atoms with van der Waals surface area (Å²) < 4.78 is 1.83. The minimum atomic E-state index is -0.432. The average Bonchev–Trinajstić information content (AvgIpc) is 3.02. The predicted molar refractivity (Wildman–Crippen MR) is 107 cm³/mol. The lowest BCUT2D eigenvalue weighted by atomic mass is 9.99. The monoisotopic (exact) mass is 412 g/mol. The third kappa shape index (κ3) is 3.63. The molecule has 4 rings (SSSR count). The second kappa shape index (κ2) is 7.70. The van der Waals surface area contributed by atoms with Gasteiger partial charge < -0.3 is 0 Å². The zero-order valence-corrected chi connectivity index (χ0v) is 16.5. The highest BCUT2D eigenvalue weighted by molar-refractivity contribution is 6.35. The van der Waals surface area contributed by atoms with Gasteiger partial charge in [0, 0.05) is 42.4 Å². The van der Waals surface area contributed by atoms with Crippen molar-refractivity contribution in [3.05, 3.63) is 80.4 Å². The first-order valence-corrected chi connectivity index (χ1v) is 9.15. The van der Waals surface area contributed by atoms with Gasteiger partial charge in [-0.05, 0) is 12.1 Å². The molecule has 9 nitrogen and oxygen atoms in total. The van der Waals surface area contributed by atoms with E-state index < -0.39 is 4.92 Å². The number of nitrogens with zero attached hydrogens (tertiary/aromatic N) is 6. The molecule has 0 spiro atoms. The molecular weight excluding hydrogens is 396 g/mol. The van der Waals surface area contributed by atoms with Crippen molar-refractivity contribution in [1.82, 2.24) is 19.8 Å². The van der Waals surface area contributed by atoms with E-state index in [9.17, 15) is 10.1 Å². The molecule has 3 aromatic rings. The number of rotatable bonds is 5. The first kappa shape index (κ1) is 19.2. The molecule has 1 aliphatic heterocycles. The van der Waals surface area contributed by atoms with Gasteiger partial charge in [-0.1, -0.05) is 29.8 Å². The first-order valence-electron chi connectivity index (χ1n) is 8.77. The van der Waals surface area contributed by atoms with E-state index in [2.05, 4.69) is 15.2 Å².